The average Bonchev–Trinajstić information content (AvgIpc) is 2.71. The van der Waals surface area contributed by atoms with Crippen molar-refractivity contribution in [1.82, 2.24) is 4.90 Å². The van der Waals surface area contributed by atoms with Crippen molar-refractivity contribution in [2.75, 3.05) is 19.7 Å². The molecule has 2 rings (SSSR count). The quantitative estimate of drug-likeness (QED) is 0.887. The molecule has 3 heteroatoms. The fourth-order valence-corrected chi connectivity index (χ4v) is 3.21. The normalized spacial score (nSPS) is 25.5. The summed E-state index contributed by atoms with van der Waals surface area (Å²) in [6.07, 6.45) is 1.27. The topological polar surface area (TPSA) is 38.5 Å². The van der Waals surface area contributed by atoms with Crippen LogP contribution >= 0.6 is 0 Å². The van der Waals surface area contributed by atoms with E-state index in [2.05, 4.69) is 36.9 Å². The highest BCUT2D eigenvalue weighted by molar-refractivity contribution is 5.31. The van der Waals surface area contributed by atoms with Crippen molar-refractivity contribution in [1.29, 1.82) is 0 Å². The van der Waals surface area contributed by atoms with Gasteiger partial charge in [0.15, 0.2) is 0 Å². The first-order valence-electron chi connectivity index (χ1n) is 7.34. The summed E-state index contributed by atoms with van der Waals surface area (Å²) < 4.78 is 5.59. The molecule has 1 aromatic carbocycles. The van der Waals surface area contributed by atoms with Gasteiger partial charge in [-0.25, -0.2) is 0 Å². The first-order valence-corrected chi connectivity index (χ1v) is 7.34. The Balaban J connectivity index is 2.19. The van der Waals surface area contributed by atoms with Crippen molar-refractivity contribution in [3.8, 4) is 5.75 Å². The van der Waals surface area contributed by atoms with Gasteiger partial charge in [0.05, 0.1) is 6.61 Å². The molecular formula is C16H26N2O. The van der Waals surface area contributed by atoms with Crippen LogP contribution in [0.25, 0.3) is 0 Å². The van der Waals surface area contributed by atoms with E-state index >= 15 is 0 Å². The highest BCUT2D eigenvalue weighted by Crippen LogP contribution is 2.32. The van der Waals surface area contributed by atoms with E-state index in [1.807, 2.05) is 13.0 Å². The Kier molecular flexibility index (Phi) is 4.83. The van der Waals surface area contributed by atoms with Crippen molar-refractivity contribution in [2.24, 2.45) is 11.7 Å². The first kappa shape index (κ1) is 14.4. The van der Waals surface area contributed by atoms with Crippen LogP contribution in [0.15, 0.2) is 24.3 Å². The van der Waals surface area contributed by atoms with Crippen LogP contribution in [0.3, 0.4) is 0 Å². The predicted octanol–water partition coefficient (Wildman–Crippen LogP) is 2.82. The van der Waals surface area contributed by atoms with Gasteiger partial charge in [0.25, 0.3) is 0 Å². The van der Waals surface area contributed by atoms with Crippen molar-refractivity contribution < 1.29 is 4.74 Å². The van der Waals surface area contributed by atoms with Gasteiger partial charge in [-0.15, -0.1) is 0 Å². The summed E-state index contributed by atoms with van der Waals surface area (Å²) in [6, 6.07) is 9.29. The van der Waals surface area contributed by atoms with E-state index < -0.39 is 0 Å². The summed E-state index contributed by atoms with van der Waals surface area (Å²) in [5.74, 6) is 1.71. The fraction of sp³-hybridized carbons (Fsp3) is 0.625. The van der Waals surface area contributed by atoms with Crippen molar-refractivity contribution >= 4 is 0 Å². The largest absolute Gasteiger partial charge is 0.494 e. The molecule has 0 saturated carbocycles. The van der Waals surface area contributed by atoms with Crippen LogP contribution in [0.4, 0.5) is 0 Å². The minimum absolute atomic E-state index is 0.306. The number of rotatable bonds is 5. The molecule has 1 aliphatic rings. The van der Waals surface area contributed by atoms with Gasteiger partial charge in [0.1, 0.15) is 5.75 Å². The Morgan fingerprint density at radius 3 is 2.79 bits per heavy atom. The van der Waals surface area contributed by atoms with Crippen molar-refractivity contribution in [3.05, 3.63) is 29.8 Å². The number of benzene rings is 1. The maximum atomic E-state index is 6.03. The fourth-order valence-electron chi connectivity index (χ4n) is 3.21. The molecular weight excluding hydrogens is 236 g/mol. The Labute approximate surface area is 116 Å². The van der Waals surface area contributed by atoms with E-state index in [4.69, 9.17) is 10.5 Å². The summed E-state index contributed by atoms with van der Waals surface area (Å²) in [6.45, 7) is 9.14. The van der Waals surface area contributed by atoms with Gasteiger partial charge in [-0.1, -0.05) is 19.1 Å². The predicted molar refractivity (Wildman–Crippen MR) is 79.4 cm³/mol. The lowest BCUT2D eigenvalue weighted by molar-refractivity contribution is 0.192. The van der Waals surface area contributed by atoms with Crippen LogP contribution in [-0.4, -0.2) is 30.6 Å². The van der Waals surface area contributed by atoms with Crippen LogP contribution in [0.1, 0.15) is 38.8 Å². The van der Waals surface area contributed by atoms with Crippen molar-refractivity contribution in [2.45, 2.75) is 39.3 Å². The summed E-state index contributed by atoms with van der Waals surface area (Å²) in [7, 11) is 0. The highest BCUT2D eigenvalue weighted by atomic mass is 16.5. The van der Waals surface area contributed by atoms with Crippen LogP contribution in [0.5, 0.6) is 5.75 Å². The molecule has 106 valence electrons. The lowest BCUT2D eigenvalue weighted by Crippen LogP contribution is -2.36. The molecule has 1 heterocycles. The molecule has 1 aliphatic heterocycles. The van der Waals surface area contributed by atoms with Gasteiger partial charge >= 0.3 is 0 Å². The molecule has 1 fully saturated rings. The number of nitrogens with two attached hydrogens (primary N) is 1. The van der Waals surface area contributed by atoms with E-state index in [1.54, 1.807) is 0 Å². The Morgan fingerprint density at radius 2 is 2.21 bits per heavy atom. The maximum absolute atomic E-state index is 6.03. The zero-order valence-corrected chi connectivity index (χ0v) is 12.3. The monoisotopic (exact) mass is 262 g/mol. The van der Waals surface area contributed by atoms with Crippen LogP contribution < -0.4 is 10.5 Å². The molecule has 0 aromatic heterocycles. The third kappa shape index (κ3) is 3.28. The molecule has 0 spiro atoms. The number of likely N-dealkylation sites (tertiary alicyclic amines) is 1. The molecule has 19 heavy (non-hydrogen) atoms. The summed E-state index contributed by atoms with van der Waals surface area (Å²) in [4.78, 5) is 2.54. The third-order valence-electron chi connectivity index (χ3n) is 4.01. The number of nitrogens with zero attached hydrogens (tertiary/aromatic N) is 1. The Bertz CT molecular complexity index is 407. The summed E-state index contributed by atoms with van der Waals surface area (Å²) >= 11 is 0. The molecule has 0 bridgehead atoms. The van der Waals surface area contributed by atoms with Gasteiger partial charge in [-0.3, -0.25) is 4.90 Å². The second-order valence-corrected chi connectivity index (χ2v) is 5.64. The number of hydrogen-bond donors (Lipinski definition) is 1. The molecule has 2 N–H and O–H groups in total. The van der Waals surface area contributed by atoms with E-state index in [9.17, 15) is 0 Å². The lowest BCUT2D eigenvalue weighted by Gasteiger charge is -2.31. The van der Waals surface area contributed by atoms with E-state index in [-0.39, 0.29) is 0 Å². The molecule has 1 saturated heterocycles. The molecule has 0 amide bonds. The zero-order valence-electron chi connectivity index (χ0n) is 12.3. The zero-order chi connectivity index (χ0) is 13.8. The van der Waals surface area contributed by atoms with E-state index in [1.165, 1.54) is 12.0 Å². The summed E-state index contributed by atoms with van der Waals surface area (Å²) in [5.41, 5.74) is 7.31. The first-order chi connectivity index (χ1) is 9.15. The molecule has 3 unspecified atom stereocenters. The smallest absolute Gasteiger partial charge is 0.119 e. The average molecular weight is 262 g/mol. The molecule has 1 aromatic rings. The second kappa shape index (κ2) is 6.40. The van der Waals surface area contributed by atoms with Gasteiger partial charge in [-0.05, 0) is 43.9 Å². The van der Waals surface area contributed by atoms with Crippen LogP contribution in [-0.2, 0) is 0 Å². The van der Waals surface area contributed by atoms with Gasteiger partial charge in [0, 0.05) is 25.2 Å². The Hall–Kier alpha value is -1.06. The van der Waals surface area contributed by atoms with Gasteiger partial charge in [-0.2, -0.15) is 0 Å². The number of hydrogen-bond acceptors (Lipinski definition) is 3. The minimum atomic E-state index is 0.306. The second-order valence-electron chi connectivity index (χ2n) is 5.64. The molecule has 3 nitrogen and oxygen atoms in total. The third-order valence-corrected chi connectivity index (χ3v) is 4.01. The SMILES string of the molecule is CCOc1cccc(C(CN)N2CC(C)CC2C)c1. The van der Waals surface area contributed by atoms with E-state index in [0.29, 0.717) is 25.2 Å². The highest BCUT2D eigenvalue weighted by Gasteiger charge is 2.31. The summed E-state index contributed by atoms with van der Waals surface area (Å²) in [5, 5.41) is 0. The maximum Gasteiger partial charge on any atom is 0.119 e. The van der Waals surface area contributed by atoms with Crippen LogP contribution in [0, 0.1) is 5.92 Å². The minimum Gasteiger partial charge on any atom is -0.494 e. The van der Waals surface area contributed by atoms with Crippen LogP contribution in [0.2, 0.25) is 0 Å². The van der Waals surface area contributed by atoms with Gasteiger partial charge < -0.3 is 10.5 Å². The van der Waals surface area contributed by atoms with Crippen molar-refractivity contribution in [3.63, 3.8) is 0 Å². The van der Waals surface area contributed by atoms with E-state index in [0.717, 1.165) is 18.2 Å². The Morgan fingerprint density at radius 1 is 1.42 bits per heavy atom. The standard InChI is InChI=1S/C16H26N2O/c1-4-19-15-7-5-6-14(9-15)16(10-17)18-11-12(2)8-13(18)3/h5-7,9,12-13,16H,4,8,10-11,17H2,1-3H3. The number of ether oxygens (including phenoxy) is 1. The molecule has 0 aliphatic carbocycles. The van der Waals surface area contributed by atoms with Gasteiger partial charge in [0.2, 0.25) is 0 Å². The molecule has 0 radical (unpaired) electrons. The lowest BCUT2D eigenvalue weighted by atomic mass is 10.0. The molecule has 3 atom stereocenters.